The standard InChI is InChI=1S/C11H17FN2/c1-9(2)13-7-8-14-11-5-3-10(12)4-6-11/h3-6,9,13-14H,7-8H2,1-2H3. The van der Waals surface area contributed by atoms with E-state index >= 15 is 0 Å². The summed E-state index contributed by atoms with van der Waals surface area (Å²) in [6, 6.07) is 6.90. The molecule has 3 heteroatoms. The topological polar surface area (TPSA) is 24.1 Å². The molecule has 0 saturated heterocycles. The lowest BCUT2D eigenvalue weighted by atomic mass is 10.3. The number of rotatable bonds is 5. The molecule has 0 aromatic heterocycles. The van der Waals surface area contributed by atoms with Crippen LogP contribution in [0.5, 0.6) is 0 Å². The largest absolute Gasteiger partial charge is 0.384 e. The molecule has 0 saturated carbocycles. The smallest absolute Gasteiger partial charge is 0.123 e. The van der Waals surface area contributed by atoms with Crippen LogP contribution in [0.3, 0.4) is 0 Å². The number of nitrogens with one attached hydrogen (secondary N) is 2. The van der Waals surface area contributed by atoms with Gasteiger partial charge in [-0.15, -0.1) is 0 Å². The molecular formula is C11H17FN2. The van der Waals surface area contributed by atoms with Crippen LogP contribution in [-0.2, 0) is 0 Å². The van der Waals surface area contributed by atoms with Crippen LogP contribution in [0.1, 0.15) is 13.8 Å². The molecule has 78 valence electrons. The predicted molar refractivity (Wildman–Crippen MR) is 58.0 cm³/mol. The average Bonchev–Trinajstić information content (AvgIpc) is 2.15. The fourth-order valence-electron chi connectivity index (χ4n) is 1.14. The summed E-state index contributed by atoms with van der Waals surface area (Å²) in [6.07, 6.45) is 0. The summed E-state index contributed by atoms with van der Waals surface area (Å²) >= 11 is 0. The summed E-state index contributed by atoms with van der Waals surface area (Å²) in [7, 11) is 0. The van der Waals surface area contributed by atoms with Crippen molar-refractivity contribution in [1.29, 1.82) is 0 Å². The first-order chi connectivity index (χ1) is 6.68. The van der Waals surface area contributed by atoms with Crippen LogP contribution in [0.2, 0.25) is 0 Å². The summed E-state index contributed by atoms with van der Waals surface area (Å²) in [5.74, 6) is -0.198. The first-order valence-electron chi connectivity index (χ1n) is 4.91. The molecule has 0 radical (unpaired) electrons. The van der Waals surface area contributed by atoms with Crippen molar-refractivity contribution >= 4 is 5.69 Å². The molecule has 1 rings (SSSR count). The third-order valence-electron chi connectivity index (χ3n) is 1.85. The van der Waals surface area contributed by atoms with Gasteiger partial charge in [-0.3, -0.25) is 0 Å². The van der Waals surface area contributed by atoms with E-state index in [1.807, 2.05) is 0 Å². The molecule has 0 unspecified atom stereocenters. The maximum absolute atomic E-state index is 12.5. The van der Waals surface area contributed by atoms with Gasteiger partial charge in [0.2, 0.25) is 0 Å². The van der Waals surface area contributed by atoms with Gasteiger partial charge in [0.1, 0.15) is 5.82 Å². The monoisotopic (exact) mass is 196 g/mol. The van der Waals surface area contributed by atoms with Crippen molar-refractivity contribution < 1.29 is 4.39 Å². The van der Waals surface area contributed by atoms with Crippen LogP contribution in [0.15, 0.2) is 24.3 Å². The Morgan fingerprint density at radius 3 is 2.36 bits per heavy atom. The zero-order chi connectivity index (χ0) is 10.4. The molecule has 0 bridgehead atoms. The van der Waals surface area contributed by atoms with Crippen molar-refractivity contribution in [2.75, 3.05) is 18.4 Å². The third kappa shape index (κ3) is 4.23. The summed E-state index contributed by atoms with van der Waals surface area (Å²) in [5, 5.41) is 6.49. The van der Waals surface area contributed by atoms with Gasteiger partial charge in [0.15, 0.2) is 0 Å². The summed E-state index contributed by atoms with van der Waals surface area (Å²) in [5.41, 5.74) is 0.956. The fraction of sp³-hybridized carbons (Fsp3) is 0.455. The minimum absolute atomic E-state index is 0.198. The Morgan fingerprint density at radius 2 is 1.79 bits per heavy atom. The summed E-state index contributed by atoms with van der Waals surface area (Å²) < 4.78 is 12.5. The van der Waals surface area contributed by atoms with Crippen LogP contribution in [0.4, 0.5) is 10.1 Å². The van der Waals surface area contributed by atoms with E-state index in [4.69, 9.17) is 0 Å². The van der Waals surface area contributed by atoms with E-state index < -0.39 is 0 Å². The number of anilines is 1. The molecule has 1 aromatic rings. The van der Waals surface area contributed by atoms with Gasteiger partial charge in [-0.25, -0.2) is 4.39 Å². The predicted octanol–water partition coefficient (Wildman–Crippen LogP) is 2.24. The highest BCUT2D eigenvalue weighted by molar-refractivity contribution is 5.42. The molecule has 14 heavy (non-hydrogen) atoms. The molecule has 0 amide bonds. The van der Waals surface area contributed by atoms with E-state index in [-0.39, 0.29) is 5.82 Å². The third-order valence-corrected chi connectivity index (χ3v) is 1.85. The molecule has 1 aromatic carbocycles. The molecule has 0 atom stereocenters. The van der Waals surface area contributed by atoms with Gasteiger partial charge in [-0.05, 0) is 24.3 Å². The fourth-order valence-corrected chi connectivity index (χ4v) is 1.14. The highest BCUT2D eigenvalue weighted by Crippen LogP contribution is 2.06. The minimum atomic E-state index is -0.198. The van der Waals surface area contributed by atoms with Gasteiger partial charge in [-0.1, -0.05) is 13.8 Å². The second-order valence-corrected chi connectivity index (χ2v) is 3.54. The maximum Gasteiger partial charge on any atom is 0.123 e. The first-order valence-corrected chi connectivity index (χ1v) is 4.91. The highest BCUT2D eigenvalue weighted by atomic mass is 19.1. The molecule has 0 heterocycles. The zero-order valence-electron chi connectivity index (χ0n) is 8.68. The lowest BCUT2D eigenvalue weighted by Crippen LogP contribution is -2.28. The maximum atomic E-state index is 12.5. The van der Waals surface area contributed by atoms with Crippen molar-refractivity contribution in [3.05, 3.63) is 30.1 Å². The zero-order valence-corrected chi connectivity index (χ0v) is 8.68. The minimum Gasteiger partial charge on any atom is -0.384 e. The van der Waals surface area contributed by atoms with Gasteiger partial charge >= 0.3 is 0 Å². The van der Waals surface area contributed by atoms with Gasteiger partial charge in [0, 0.05) is 24.8 Å². The molecular weight excluding hydrogens is 179 g/mol. The van der Waals surface area contributed by atoms with E-state index in [0.717, 1.165) is 18.8 Å². The number of halogens is 1. The van der Waals surface area contributed by atoms with Crippen molar-refractivity contribution in [3.8, 4) is 0 Å². The molecule has 2 nitrogen and oxygen atoms in total. The lowest BCUT2D eigenvalue weighted by molar-refractivity contribution is 0.602. The van der Waals surface area contributed by atoms with E-state index in [1.54, 1.807) is 12.1 Å². The van der Waals surface area contributed by atoms with Gasteiger partial charge < -0.3 is 10.6 Å². The van der Waals surface area contributed by atoms with E-state index in [1.165, 1.54) is 12.1 Å². The summed E-state index contributed by atoms with van der Waals surface area (Å²) in [6.45, 7) is 5.98. The highest BCUT2D eigenvalue weighted by Gasteiger charge is 1.93. The second kappa shape index (κ2) is 5.60. The molecule has 0 aliphatic heterocycles. The van der Waals surface area contributed by atoms with E-state index in [2.05, 4.69) is 24.5 Å². The quantitative estimate of drug-likeness (QED) is 0.706. The number of benzene rings is 1. The molecule has 0 fully saturated rings. The Labute approximate surface area is 84.5 Å². The van der Waals surface area contributed by atoms with Crippen molar-refractivity contribution in [1.82, 2.24) is 5.32 Å². The second-order valence-electron chi connectivity index (χ2n) is 3.54. The van der Waals surface area contributed by atoms with Crippen LogP contribution in [-0.4, -0.2) is 19.1 Å². The Hall–Kier alpha value is -1.09. The van der Waals surface area contributed by atoms with Gasteiger partial charge in [-0.2, -0.15) is 0 Å². The van der Waals surface area contributed by atoms with E-state index in [0.29, 0.717) is 6.04 Å². The number of hydrogen-bond acceptors (Lipinski definition) is 2. The van der Waals surface area contributed by atoms with Crippen molar-refractivity contribution in [3.63, 3.8) is 0 Å². The molecule has 2 N–H and O–H groups in total. The Balaban J connectivity index is 2.21. The van der Waals surface area contributed by atoms with Crippen LogP contribution < -0.4 is 10.6 Å². The Bertz CT molecular complexity index is 256. The van der Waals surface area contributed by atoms with Crippen molar-refractivity contribution in [2.45, 2.75) is 19.9 Å². The van der Waals surface area contributed by atoms with Crippen LogP contribution in [0, 0.1) is 5.82 Å². The number of hydrogen-bond donors (Lipinski definition) is 2. The first kappa shape index (κ1) is 11.0. The Kier molecular flexibility index (Phi) is 4.40. The molecule has 0 spiro atoms. The van der Waals surface area contributed by atoms with Crippen LogP contribution in [0.25, 0.3) is 0 Å². The lowest BCUT2D eigenvalue weighted by Gasteiger charge is -2.09. The van der Waals surface area contributed by atoms with Crippen molar-refractivity contribution in [2.24, 2.45) is 0 Å². The van der Waals surface area contributed by atoms with Crippen LogP contribution >= 0.6 is 0 Å². The van der Waals surface area contributed by atoms with E-state index in [9.17, 15) is 4.39 Å². The average molecular weight is 196 g/mol. The normalized spacial score (nSPS) is 10.6. The SMILES string of the molecule is CC(C)NCCNc1ccc(F)cc1. The summed E-state index contributed by atoms with van der Waals surface area (Å²) in [4.78, 5) is 0. The van der Waals surface area contributed by atoms with Gasteiger partial charge in [0.05, 0.1) is 0 Å². The Morgan fingerprint density at radius 1 is 1.14 bits per heavy atom. The van der Waals surface area contributed by atoms with Gasteiger partial charge in [0.25, 0.3) is 0 Å². The molecule has 0 aliphatic carbocycles. The molecule has 0 aliphatic rings.